The van der Waals surface area contributed by atoms with Crippen molar-refractivity contribution in [1.29, 1.82) is 0 Å². The molecule has 0 unspecified atom stereocenters. The fraction of sp³-hybridized carbons (Fsp3) is 0.222. The topological polar surface area (TPSA) is 61.0 Å². The molecule has 0 atom stereocenters. The Labute approximate surface area is 133 Å². The van der Waals surface area contributed by atoms with Crippen LogP contribution < -0.4 is 10.5 Å². The van der Waals surface area contributed by atoms with Gasteiger partial charge in [0.2, 0.25) is 11.8 Å². The summed E-state index contributed by atoms with van der Waals surface area (Å²) in [4.78, 5) is 8.49. The minimum Gasteiger partial charge on any atom is -0.477 e. The monoisotopic (exact) mass is 309 g/mol. The van der Waals surface area contributed by atoms with Crippen LogP contribution in [0.25, 0.3) is 22.0 Å². The van der Waals surface area contributed by atoms with Crippen LogP contribution in [0.2, 0.25) is 0 Å². The SMILES string of the molecule is Nc1nc(OCC2CC2)c2cc(-c3ccc(F)cc3)ccc2n1. The molecule has 1 heterocycles. The van der Waals surface area contributed by atoms with E-state index in [0.717, 1.165) is 22.0 Å². The van der Waals surface area contributed by atoms with Crippen molar-refractivity contribution in [1.82, 2.24) is 9.97 Å². The number of anilines is 1. The molecule has 4 rings (SSSR count). The van der Waals surface area contributed by atoms with Crippen LogP contribution in [0.4, 0.5) is 10.3 Å². The first-order chi connectivity index (χ1) is 11.2. The highest BCUT2D eigenvalue weighted by Gasteiger charge is 2.22. The number of nitrogens with two attached hydrogens (primary N) is 1. The minimum absolute atomic E-state index is 0.206. The minimum atomic E-state index is -0.251. The molecule has 2 aromatic carbocycles. The molecule has 1 aliphatic rings. The van der Waals surface area contributed by atoms with Gasteiger partial charge in [-0.2, -0.15) is 4.98 Å². The van der Waals surface area contributed by atoms with Crippen molar-refractivity contribution in [2.45, 2.75) is 12.8 Å². The summed E-state index contributed by atoms with van der Waals surface area (Å²) in [6, 6.07) is 12.2. The van der Waals surface area contributed by atoms with Crippen LogP contribution in [0.3, 0.4) is 0 Å². The summed E-state index contributed by atoms with van der Waals surface area (Å²) in [5.74, 6) is 1.10. The van der Waals surface area contributed by atoms with E-state index in [2.05, 4.69) is 9.97 Å². The van der Waals surface area contributed by atoms with E-state index in [1.807, 2.05) is 18.2 Å². The molecule has 5 heteroatoms. The molecule has 1 aliphatic carbocycles. The van der Waals surface area contributed by atoms with Gasteiger partial charge < -0.3 is 10.5 Å². The first-order valence-electron chi connectivity index (χ1n) is 7.65. The first-order valence-corrected chi connectivity index (χ1v) is 7.65. The zero-order valence-electron chi connectivity index (χ0n) is 12.5. The number of hydrogen-bond acceptors (Lipinski definition) is 4. The second-order valence-electron chi connectivity index (χ2n) is 5.88. The Morgan fingerprint density at radius 3 is 2.52 bits per heavy atom. The molecular weight excluding hydrogens is 293 g/mol. The molecule has 1 aromatic heterocycles. The Kier molecular flexibility index (Phi) is 3.33. The largest absolute Gasteiger partial charge is 0.477 e. The van der Waals surface area contributed by atoms with E-state index in [-0.39, 0.29) is 11.8 Å². The van der Waals surface area contributed by atoms with Gasteiger partial charge in [0.25, 0.3) is 0 Å². The smallest absolute Gasteiger partial charge is 0.226 e. The number of ether oxygens (including phenoxy) is 1. The van der Waals surface area contributed by atoms with Crippen LogP contribution >= 0.6 is 0 Å². The lowest BCUT2D eigenvalue weighted by Gasteiger charge is -2.10. The molecule has 3 aromatic rings. The molecular formula is C18H16FN3O. The molecule has 1 saturated carbocycles. The lowest BCUT2D eigenvalue weighted by atomic mass is 10.0. The lowest BCUT2D eigenvalue weighted by Crippen LogP contribution is -2.04. The Hall–Kier alpha value is -2.69. The second-order valence-corrected chi connectivity index (χ2v) is 5.88. The maximum Gasteiger partial charge on any atom is 0.226 e. The van der Waals surface area contributed by atoms with Gasteiger partial charge in [-0.25, -0.2) is 9.37 Å². The number of nitrogens with zero attached hydrogens (tertiary/aromatic N) is 2. The van der Waals surface area contributed by atoms with Crippen LogP contribution in [0, 0.1) is 11.7 Å². The first kappa shape index (κ1) is 13.9. The summed E-state index contributed by atoms with van der Waals surface area (Å²) < 4.78 is 18.9. The van der Waals surface area contributed by atoms with Gasteiger partial charge in [0, 0.05) is 0 Å². The standard InChI is InChI=1S/C18H16FN3O/c19-14-6-3-12(4-7-14)13-5-8-16-15(9-13)17(22-18(20)21-16)23-10-11-1-2-11/h3-9,11H,1-2,10H2,(H2,20,21,22). The number of halogens is 1. The Morgan fingerprint density at radius 2 is 1.78 bits per heavy atom. The number of nitrogen functional groups attached to an aromatic ring is 1. The number of hydrogen-bond donors (Lipinski definition) is 1. The summed E-state index contributed by atoms with van der Waals surface area (Å²) in [7, 11) is 0. The van der Waals surface area contributed by atoms with E-state index < -0.39 is 0 Å². The van der Waals surface area contributed by atoms with Gasteiger partial charge in [0.15, 0.2) is 0 Å². The van der Waals surface area contributed by atoms with Crippen LogP contribution in [0.5, 0.6) is 5.88 Å². The third kappa shape index (κ3) is 2.95. The molecule has 2 N–H and O–H groups in total. The van der Waals surface area contributed by atoms with E-state index in [4.69, 9.17) is 10.5 Å². The zero-order chi connectivity index (χ0) is 15.8. The number of fused-ring (bicyclic) bond motifs is 1. The molecule has 0 saturated heterocycles. The fourth-order valence-corrected chi connectivity index (χ4v) is 2.53. The molecule has 23 heavy (non-hydrogen) atoms. The predicted molar refractivity (Wildman–Crippen MR) is 87.6 cm³/mol. The van der Waals surface area contributed by atoms with Gasteiger partial charge in [-0.05, 0) is 54.2 Å². The normalized spacial score (nSPS) is 14.1. The summed E-state index contributed by atoms with van der Waals surface area (Å²) in [5.41, 5.74) is 8.40. The second kappa shape index (κ2) is 5.50. The highest BCUT2D eigenvalue weighted by molar-refractivity contribution is 5.89. The van der Waals surface area contributed by atoms with Crippen LogP contribution in [-0.4, -0.2) is 16.6 Å². The summed E-state index contributed by atoms with van der Waals surface area (Å²) in [6.45, 7) is 0.659. The van der Waals surface area contributed by atoms with Crippen molar-refractivity contribution >= 4 is 16.9 Å². The highest BCUT2D eigenvalue weighted by atomic mass is 19.1. The van der Waals surface area contributed by atoms with Gasteiger partial charge in [-0.1, -0.05) is 18.2 Å². The average Bonchev–Trinajstić information content (AvgIpc) is 3.37. The van der Waals surface area contributed by atoms with E-state index >= 15 is 0 Å². The molecule has 0 bridgehead atoms. The van der Waals surface area contributed by atoms with E-state index in [1.54, 1.807) is 12.1 Å². The van der Waals surface area contributed by atoms with Gasteiger partial charge in [0.1, 0.15) is 5.82 Å². The average molecular weight is 309 g/mol. The van der Waals surface area contributed by atoms with Gasteiger partial charge in [0.05, 0.1) is 17.5 Å². The summed E-state index contributed by atoms with van der Waals surface area (Å²) in [6.07, 6.45) is 2.42. The number of benzene rings is 2. The fourth-order valence-electron chi connectivity index (χ4n) is 2.53. The summed E-state index contributed by atoms with van der Waals surface area (Å²) >= 11 is 0. The van der Waals surface area contributed by atoms with Crippen molar-refractivity contribution in [3.8, 4) is 17.0 Å². The maximum atomic E-state index is 13.1. The molecule has 0 amide bonds. The van der Waals surface area contributed by atoms with Crippen molar-refractivity contribution in [3.05, 3.63) is 48.3 Å². The third-order valence-corrected chi connectivity index (χ3v) is 4.01. The Bertz CT molecular complexity index is 860. The highest BCUT2D eigenvalue weighted by Crippen LogP contribution is 2.32. The van der Waals surface area contributed by atoms with Crippen LogP contribution in [0.1, 0.15) is 12.8 Å². The molecule has 4 nitrogen and oxygen atoms in total. The van der Waals surface area contributed by atoms with Crippen LogP contribution in [-0.2, 0) is 0 Å². The Balaban J connectivity index is 1.77. The van der Waals surface area contributed by atoms with Gasteiger partial charge in [-0.15, -0.1) is 0 Å². The maximum absolute atomic E-state index is 13.1. The predicted octanol–water partition coefficient (Wildman–Crippen LogP) is 3.81. The van der Waals surface area contributed by atoms with Gasteiger partial charge >= 0.3 is 0 Å². The van der Waals surface area contributed by atoms with Crippen molar-refractivity contribution in [3.63, 3.8) is 0 Å². The molecule has 0 radical (unpaired) electrons. The van der Waals surface area contributed by atoms with Crippen molar-refractivity contribution < 1.29 is 9.13 Å². The quantitative estimate of drug-likeness (QED) is 0.796. The van der Waals surface area contributed by atoms with Crippen LogP contribution in [0.15, 0.2) is 42.5 Å². The van der Waals surface area contributed by atoms with Gasteiger partial charge in [-0.3, -0.25) is 0 Å². The van der Waals surface area contributed by atoms with Crippen molar-refractivity contribution in [2.75, 3.05) is 12.3 Å². The zero-order valence-corrected chi connectivity index (χ0v) is 12.5. The number of aromatic nitrogens is 2. The van der Waals surface area contributed by atoms with E-state index in [0.29, 0.717) is 18.4 Å². The third-order valence-electron chi connectivity index (χ3n) is 4.01. The molecule has 0 aliphatic heterocycles. The number of rotatable bonds is 4. The van der Waals surface area contributed by atoms with Crippen molar-refractivity contribution in [2.24, 2.45) is 5.92 Å². The summed E-state index contributed by atoms with van der Waals surface area (Å²) in [5, 5.41) is 0.821. The molecule has 0 spiro atoms. The molecule has 1 fully saturated rings. The van der Waals surface area contributed by atoms with E-state index in [1.165, 1.54) is 25.0 Å². The van der Waals surface area contributed by atoms with E-state index in [9.17, 15) is 4.39 Å². The lowest BCUT2D eigenvalue weighted by molar-refractivity contribution is 0.292. The Morgan fingerprint density at radius 1 is 1.04 bits per heavy atom. The molecule has 116 valence electrons.